The highest BCUT2D eigenvalue weighted by Gasteiger charge is 2.64. The number of ether oxygens (including phenoxy) is 2. The van der Waals surface area contributed by atoms with Gasteiger partial charge in [0.15, 0.2) is 5.13 Å². The van der Waals surface area contributed by atoms with E-state index in [9.17, 15) is 22.8 Å². The smallest absolute Gasteiger partial charge is 0.442 e. The number of aryl methyl sites for hydroxylation is 1. The summed E-state index contributed by atoms with van der Waals surface area (Å²) in [6.07, 6.45) is -5.26. The van der Waals surface area contributed by atoms with Crippen molar-refractivity contribution in [1.29, 1.82) is 0 Å². The molecule has 11 heteroatoms. The van der Waals surface area contributed by atoms with Crippen molar-refractivity contribution in [2.75, 3.05) is 19.0 Å². The van der Waals surface area contributed by atoms with Crippen LogP contribution in [0.4, 0.5) is 18.3 Å². The first-order valence-corrected chi connectivity index (χ1v) is 10.3. The summed E-state index contributed by atoms with van der Waals surface area (Å²) >= 11 is 0.873. The molecule has 2 aromatic carbocycles. The Hall–Kier alpha value is -3.34. The van der Waals surface area contributed by atoms with E-state index in [0.29, 0.717) is 28.1 Å². The maximum atomic E-state index is 14.3. The molecule has 3 rings (SSSR count). The van der Waals surface area contributed by atoms with Crippen molar-refractivity contribution in [3.05, 3.63) is 53.6 Å². The van der Waals surface area contributed by atoms with E-state index < -0.39 is 23.7 Å². The molecule has 0 bridgehead atoms. The normalized spacial score (nSPS) is 13.3. The molecule has 0 unspecified atom stereocenters. The minimum Gasteiger partial charge on any atom is -0.494 e. The molecule has 3 aromatic rings. The zero-order valence-corrected chi connectivity index (χ0v) is 18.2. The van der Waals surface area contributed by atoms with E-state index in [1.807, 2.05) is 0 Å². The number of esters is 1. The number of alkyl halides is 3. The van der Waals surface area contributed by atoms with Crippen LogP contribution in [0.25, 0.3) is 10.2 Å². The lowest BCUT2D eigenvalue weighted by Gasteiger charge is -2.34. The molecule has 0 spiro atoms. The number of thiazole rings is 1. The summed E-state index contributed by atoms with van der Waals surface area (Å²) in [5.41, 5.74) is -2.74. The average molecular weight is 467 g/mol. The fourth-order valence-electron chi connectivity index (χ4n) is 2.98. The second-order valence-corrected chi connectivity index (χ2v) is 7.75. The van der Waals surface area contributed by atoms with Crippen LogP contribution in [0, 0.1) is 6.92 Å². The van der Waals surface area contributed by atoms with Crippen LogP contribution >= 0.6 is 11.3 Å². The second kappa shape index (κ2) is 9.03. The Morgan fingerprint density at radius 2 is 1.88 bits per heavy atom. The van der Waals surface area contributed by atoms with E-state index >= 15 is 0 Å². The Morgan fingerprint density at radius 1 is 1.16 bits per heavy atom. The predicted octanol–water partition coefficient (Wildman–Crippen LogP) is 4.28. The van der Waals surface area contributed by atoms with Crippen molar-refractivity contribution in [2.24, 2.45) is 0 Å². The molecule has 1 heterocycles. The molecule has 0 saturated heterocycles. The van der Waals surface area contributed by atoms with E-state index in [-0.39, 0.29) is 10.7 Å². The van der Waals surface area contributed by atoms with Gasteiger partial charge in [-0.15, -0.1) is 0 Å². The van der Waals surface area contributed by atoms with Crippen molar-refractivity contribution < 1.29 is 32.2 Å². The lowest BCUT2D eigenvalue weighted by atomic mass is 10.1. The maximum Gasteiger partial charge on any atom is 0.442 e. The second-order valence-electron chi connectivity index (χ2n) is 6.71. The molecule has 0 aliphatic rings. The number of anilines is 1. The third-order valence-electron chi connectivity index (χ3n) is 4.57. The fourth-order valence-corrected chi connectivity index (χ4v) is 3.93. The minimum atomic E-state index is -5.26. The molecule has 170 valence electrons. The topological polar surface area (TPSA) is 89.5 Å². The van der Waals surface area contributed by atoms with E-state index in [0.717, 1.165) is 18.4 Å². The van der Waals surface area contributed by atoms with Gasteiger partial charge in [0.1, 0.15) is 5.75 Å². The van der Waals surface area contributed by atoms with Crippen LogP contribution in [0.1, 0.15) is 22.8 Å². The van der Waals surface area contributed by atoms with Gasteiger partial charge in [-0.3, -0.25) is 4.79 Å². The van der Waals surface area contributed by atoms with E-state index in [2.05, 4.69) is 15.0 Å². The number of fused-ring (bicyclic) bond motifs is 1. The molecule has 0 saturated carbocycles. The zero-order chi connectivity index (χ0) is 23.5. The van der Waals surface area contributed by atoms with Crippen LogP contribution in [0.15, 0.2) is 42.5 Å². The highest BCUT2D eigenvalue weighted by atomic mass is 32.1. The van der Waals surface area contributed by atoms with Crippen molar-refractivity contribution >= 4 is 38.6 Å². The number of carbonyl (C=O) groups excluding carboxylic acids is 2. The van der Waals surface area contributed by atoms with Gasteiger partial charge in [0.2, 0.25) is 0 Å². The van der Waals surface area contributed by atoms with Crippen LogP contribution in [-0.2, 0) is 9.53 Å². The molecule has 0 aliphatic heterocycles. The standard InChI is InChI=1S/C21H20F3N3O4S/c1-4-31-13-9-10-15-16(11-13)32-19(25-15)27-20(18(29)30-3,21(22,23)24)26-17(28)14-8-6-5-7-12(14)2/h5-11H,4H2,1-3H3,(H,25,27)(H,26,28)/t20-/m1/s1. The van der Waals surface area contributed by atoms with Gasteiger partial charge >= 0.3 is 17.8 Å². The summed E-state index contributed by atoms with van der Waals surface area (Å²) in [5, 5.41) is 3.64. The Kier molecular flexibility index (Phi) is 6.58. The first-order chi connectivity index (χ1) is 15.1. The highest BCUT2D eigenvalue weighted by molar-refractivity contribution is 7.22. The van der Waals surface area contributed by atoms with Gasteiger partial charge in [-0.25, -0.2) is 9.78 Å². The molecule has 1 amide bonds. The number of amides is 1. The lowest BCUT2D eigenvalue weighted by Crippen LogP contribution is -2.69. The molecule has 2 N–H and O–H groups in total. The van der Waals surface area contributed by atoms with Crippen molar-refractivity contribution in [3.63, 3.8) is 0 Å². The monoisotopic (exact) mass is 467 g/mol. The number of methoxy groups -OCH3 is 1. The Morgan fingerprint density at radius 3 is 2.50 bits per heavy atom. The predicted molar refractivity (Wildman–Crippen MR) is 114 cm³/mol. The number of benzene rings is 2. The maximum absolute atomic E-state index is 14.3. The number of aromatic nitrogens is 1. The fraction of sp³-hybridized carbons (Fsp3) is 0.286. The van der Waals surface area contributed by atoms with Crippen LogP contribution in [0.5, 0.6) is 5.75 Å². The molecule has 1 aromatic heterocycles. The first-order valence-electron chi connectivity index (χ1n) is 9.46. The largest absolute Gasteiger partial charge is 0.494 e. The Balaban J connectivity index is 2.04. The molecule has 7 nitrogen and oxygen atoms in total. The van der Waals surface area contributed by atoms with Crippen LogP contribution in [0.2, 0.25) is 0 Å². The summed E-state index contributed by atoms with van der Waals surface area (Å²) in [4.78, 5) is 29.3. The number of nitrogens with zero attached hydrogens (tertiary/aromatic N) is 1. The number of hydrogen-bond acceptors (Lipinski definition) is 7. The van der Waals surface area contributed by atoms with Crippen LogP contribution in [0.3, 0.4) is 0 Å². The highest BCUT2D eigenvalue weighted by Crippen LogP contribution is 2.36. The van der Waals surface area contributed by atoms with Crippen molar-refractivity contribution in [3.8, 4) is 5.75 Å². The van der Waals surface area contributed by atoms with Gasteiger partial charge in [-0.2, -0.15) is 13.2 Å². The van der Waals surface area contributed by atoms with Crippen molar-refractivity contribution in [1.82, 2.24) is 10.3 Å². The van der Waals surface area contributed by atoms with Gasteiger partial charge in [0, 0.05) is 5.56 Å². The van der Waals surface area contributed by atoms with E-state index in [1.54, 1.807) is 49.5 Å². The van der Waals surface area contributed by atoms with Crippen LogP contribution < -0.4 is 15.4 Å². The van der Waals surface area contributed by atoms with E-state index in [4.69, 9.17) is 4.74 Å². The SMILES string of the molecule is CCOc1ccc2nc(N[C@](NC(=O)c3ccccc3C)(C(=O)OC)C(F)(F)F)sc2c1. The lowest BCUT2D eigenvalue weighted by molar-refractivity contribution is -0.203. The van der Waals surface area contributed by atoms with E-state index in [1.165, 1.54) is 12.1 Å². The Labute approximate surface area is 185 Å². The molecule has 0 fully saturated rings. The minimum absolute atomic E-state index is 0.0162. The van der Waals surface area contributed by atoms with Crippen LogP contribution in [-0.4, -0.2) is 42.4 Å². The average Bonchev–Trinajstić information content (AvgIpc) is 3.13. The van der Waals surface area contributed by atoms with Gasteiger partial charge in [0.25, 0.3) is 5.91 Å². The van der Waals surface area contributed by atoms with Gasteiger partial charge in [0.05, 0.1) is 23.9 Å². The molecule has 1 atom stereocenters. The third kappa shape index (κ3) is 4.47. The van der Waals surface area contributed by atoms with Crippen molar-refractivity contribution in [2.45, 2.75) is 25.7 Å². The third-order valence-corrected chi connectivity index (χ3v) is 5.51. The Bertz CT molecular complexity index is 1150. The number of nitrogens with one attached hydrogen (secondary N) is 2. The molecule has 32 heavy (non-hydrogen) atoms. The number of halogens is 3. The summed E-state index contributed by atoms with van der Waals surface area (Å²) < 4.78 is 53.2. The summed E-state index contributed by atoms with van der Waals surface area (Å²) in [6, 6.07) is 10.9. The first kappa shape index (κ1) is 23.3. The molecule has 0 aliphatic carbocycles. The summed E-state index contributed by atoms with van der Waals surface area (Å²) in [7, 11) is 0.803. The quantitative estimate of drug-likeness (QED) is 0.398. The number of carbonyl (C=O) groups is 2. The van der Waals surface area contributed by atoms with Gasteiger partial charge in [-0.05, 0) is 43.7 Å². The summed E-state index contributed by atoms with van der Waals surface area (Å²) in [5.74, 6) is -2.31. The van der Waals surface area contributed by atoms with Gasteiger partial charge in [-0.1, -0.05) is 29.5 Å². The molecular formula is C21H20F3N3O4S. The summed E-state index contributed by atoms with van der Waals surface area (Å²) in [6.45, 7) is 3.79. The zero-order valence-electron chi connectivity index (χ0n) is 17.4. The number of rotatable bonds is 7. The molecular weight excluding hydrogens is 447 g/mol. The molecule has 0 radical (unpaired) electrons. The van der Waals surface area contributed by atoms with Gasteiger partial charge < -0.3 is 20.1 Å². The number of hydrogen-bond donors (Lipinski definition) is 2.